The lowest BCUT2D eigenvalue weighted by Gasteiger charge is -2.20. The number of amides is 1. The number of rotatable bonds is 3. The van der Waals surface area contributed by atoms with E-state index in [1.807, 2.05) is 18.2 Å². The lowest BCUT2D eigenvalue weighted by atomic mass is 10.2. The number of fused-ring (bicyclic) bond motifs is 1. The fourth-order valence-electron chi connectivity index (χ4n) is 2.53. The molecular weight excluding hydrogens is 246 g/mol. The molecule has 4 nitrogen and oxygen atoms in total. The largest absolute Gasteiger partial charge is 0.369 e. The Bertz CT molecular complexity index is 547. The van der Waals surface area contributed by atoms with Gasteiger partial charge in [0.1, 0.15) is 5.01 Å². The molecule has 18 heavy (non-hydrogen) atoms. The van der Waals surface area contributed by atoms with Gasteiger partial charge in [0.05, 0.1) is 22.8 Å². The van der Waals surface area contributed by atoms with Gasteiger partial charge in [-0.05, 0) is 31.5 Å². The SMILES string of the molecule is NC(=O)CN1CCCC1c1nc2ccccc2s1. The lowest BCUT2D eigenvalue weighted by Crippen LogP contribution is -2.33. The molecule has 1 atom stereocenters. The summed E-state index contributed by atoms with van der Waals surface area (Å²) in [6, 6.07) is 8.41. The van der Waals surface area contributed by atoms with E-state index in [9.17, 15) is 4.79 Å². The van der Waals surface area contributed by atoms with Crippen LogP contribution in [0.4, 0.5) is 0 Å². The van der Waals surface area contributed by atoms with Gasteiger partial charge < -0.3 is 5.73 Å². The fourth-order valence-corrected chi connectivity index (χ4v) is 3.66. The Morgan fingerprint density at radius 2 is 2.33 bits per heavy atom. The summed E-state index contributed by atoms with van der Waals surface area (Å²) in [6.07, 6.45) is 2.17. The summed E-state index contributed by atoms with van der Waals surface area (Å²) in [5.41, 5.74) is 6.33. The summed E-state index contributed by atoms with van der Waals surface area (Å²) < 4.78 is 1.21. The third-order valence-corrected chi connectivity index (χ3v) is 4.46. The molecular formula is C13H15N3OS. The Kier molecular flexibility index (Phi) is 3.01. The number of carbonyl (C=O) groups is 1. The molecule has 1 saturated heterocycles. The zero-order valence-electron chi connectivity index (χ0n) is 10.0. The predicted molar refractivity (Wildman–Crippen MR) is 72.4 cm³/mol. The molecule has 0 bridgehead atoms. The van der Waals surface area contributed by atoms with Gasteiger partial charge in [0.2, 0.25) is 5.91 Å². The smallest absolute Gasteiger partial charge is 0.231 e. The summed E-state index contributed by atoms with van der Waals surface area (Å²) in [7, 11) is 0. The number of nitrogens with zero attached hydrogens (tertiary/aromatic N) is 2. The molecule has 0 saturated carbocycles. The molecule has 2 heterocycles. The standard InChI is InChI=1S/C13H15N3OS/c14-12(17)8-16-7-3-5-10(16)13-15-9-4-1-2-6-11(9)18-13/h1-2,4,6,10H,3,5,7-8H2,(H2,14,17). The summed E-state index contributed by atoms with van der Waals surface area (Å²) in [5, 5.41) is 1.11. The zero-order valence-corrected chi connectivity index (χ0v) is 10.8. The van der Waals surface area contributed by atoms with Gasteiger partial charge in [-0.1, -0.05) is 12.1 Å². The first-order chi connectivity index (χ1) is 8.74. The van der Waals surface area contributed by atoms with E-state index in [0.29, 0.717) is 6.54 Å². The van der Waals surface area contributed by atoms with Gasteiger partial charge in [-0.15, -0.1) is 11.3 Å². The number of aromatic nitrogens is 1. The van der Waals surface area contributed by atoms with Crippen LogP contribution in [-0.2, 0) is 4.79 Å². The van der Waals surface area contributed by atoms with Crippen LogP contribution in [0.1, 0.15) is 23.9 Å². The monoisotopic (exact) mass is 261 g/mol. The number of hydrogen-bond donors (Lipinski definition) is 1. The minimum Gasteiger partial charge on any atom is -0.369 e. The third-order valence-electron chi connectivity index (χ3n) is 3.32. The maximum Gasteiger partial charge on any atom is 0.231 e. The topological polar surface area (TPSA) is 59.2 Å². The number of nitrogens with two attached hydrogens (primary N) is 1. The number of benzene rings is 1. The second kappa shape index (κ2) is 4.66. The average molecular weight is 261 g/mol. The first-order valence-corrected chi connectivity index (χ1v) is 6.93. The van der Waals surface area contributed by atoms with Crippen molar-refractivity contribution in [2.75, 3.05) is 13.1 Å². The van der Waals surface area contributed by atoms with Gasteiger partial charge in [0, 0.05) is 0 Å². The summed E-state index contributed by atoms with van der Waals surface area (Å²) in [5.74, 6) is -0.261. The van der Waals surface area contributed by atoms with Crippen molar-refractivity contribution in [2.45, 2.75) is 18.9 Å². The number of primary amides is 1. The van der Waals surface area contributed by atoms with Crippen molar-refractivity contribution in [3.63, 3.8) is 0 Å². The number of carbonyl (C=O) groups excluding carboxylic acids is 1. The molecule has 0 spiro atoms. The molecule has 2 aromatic rings. The van der Waals surface area contributed by atoms with Crippen LogP contribution in [0, 0.1) is 0 Å². The van der Waals surface area contributed by atoms with Gasteiger partial charge in [-0.2, -0.15) is 0 Å². The Labute approximate surface area is 109 Å². The van der Waals surface area contributed by atoms with Gasteiger partial charge in [-0.3, -0.25) is 9.69 Å². The Balaban J connectivity index is 1.90. The predicted octanol–water partition coefficient (Wildman–Crippen LogP) is 1.92. The number of likely N-dealkylation sites (tertiary alicyclic amines) is 1. The quantitative estimate of drug-likeness (QED) is 0.918. The van der Waals surface area contributed by atoms with Crippen molar-refractivity contribution in [3.05, 3.63) is 29.3 Å². The Morgan fingerprint density at radius 1 is 1.50 bits per heavy atom. The van der Waals surface area contributed by atoms with E-state index >= 15 is 0 Å². The highest BCUT2D eigenvalue weighted by atomic mass is 32.1. The first kappa shape index (κ1) is 11.6. The van der Waals surface area contributed by atoms with Gasteiger partial charge in [0.15, 0.2) is 0 Å². The molecule has 5 heteroatoms. The van der Waals surface area contributed by atoms with E-state index in [4.69, 9.17) is 5.73 Å². The molecule has 1 unspecified atom stereocenters. The van der Waals surface area contributed by atoms with Crippen molar-refractivity contribution in [2.24, 2.45) is 5.73 Å². The van der Waals surface area contributed by atoms with E-state index in [1.54, 1.807) is 11.3 Å². The van der Waals surface area contributed by atoms with Crippen molar-refractivity contribution in [1.82, 2.24) is 9.88 Å². The molecule has 1 amide bonds. The fraction of sp³-hybridized carbons (Fsp3) is 0.385. The maximum absolute atomic E-state index is 11.1. The normalized spacial score (nSPS) is 20.6. The Hall–Kier alpha value is -1.46. The van der Waals surface area contributed by atoms with Crippen LogP contribution in [0.2, 0.25) is 0 Å². The zero-order chi connectivity index (χ0) is 12.5. The van der Waals surface area contributed by atoms with Crippen molar-refractivity contribution >= 4 is 27.5 Å². The summed E-state index contributed by atoms with van der Waals surface area (Å²) in [4.78, 5) is 17.9. The first-order valence-electron chi connectivity index (χ1n) is 6.12. The minimum atomic E-state index is -0.261. The summed E-state index contributed by atoms with van der Waals surface area (Å²) >= 11 is 1.72. The van der Waals surface area contributed by atoms with E-state index in [2.05, 4.69) is 16.0 Å². The highest BCUT2D eigenvalue weighted by molar-refractivity contribution is 7.18. The van der Waals surface area contributed by atoms with Crippen molar-refractivity contribution < 1.29 is 4.79 Å². The van der Waals surface area contributed by atoms with Crippen LogP contribution < -0.4 is 5.73 Å². The minimum absolute atomic E-state index is 0.259. The van der Waals surface area contributed by atoms with E-state index in [0.717, 1.165) is 29.9 Å². The van der Waals surface area contributed by atoms with Crippen LogP contribution in [-0.4, -0.2) is 28.9 Å². The Morgan fingerprint density at radius 3 is 3.11 bits per heavy atom. The highest BCUT2D eigenvalue weighted by Crippen LogP contribution is 2.35. The number of thiazole rings is 1. The molecule has 2 N–H and O–H groups in total. The van der Waals surface area contributed by atoms with Gasteiger partial charge >= 0.3 is 0 Å². The molecule has 1 fully saturated rings. The third kappa shape index (κ3) is 2.11. The van der Waals surface area contributed by atoms with E-state index < -0.39 is 0 Å². The van der Waals surface area contributed by atoms with Crippen molar-refractivity contribution in [3.8, 4) is 0 Å². The van der Waals surface area contributed by atoms with Crippen LogP contribution in [0.15, 0.2) is 24.3 Å². The summed E-state index contributed by atoms with van der Waals surface area (Å²) in [6.45, 7) is 1.27. The second-order valence-electron chi connectivity index (χ2n) is 4.61. The number of para-hydroxylation sites is 1. The van der Waals surface area contributed by atoms with Gasteiger partial charge in [0.25, 0.3) is 0 Å². The lowest BCUT2D eigenvalue weighted by molar-refractivity contribution is -0.119. The molecule has 1 aromatic heterocycles. The van der Waals surface area contributed by atoms with Crippen molar-refractivity contribution in [1.29, 1.82) is 0 Å². The number of hydrogen-bond acceptors (Lipinski definition) is 4. The highest BCUT2D eigenvalue weighted by Gasteiger charge is 2.29. The molecule has 3 rings (SSSR count). The van der Waals surface area contributed by atoms with Crippen LogP contribution in [0.3, 0.4) is 0 Å². The van der Waals surface area contributed by atoms with Crippen LogP contribution >= 0.6 is 11.3 Å². The second-order valence-corrected chi connectivity index (χ2v) is 5.68. The van der Waals surface area contributed by atoms with E-state index in [-0.39, 0.29) is 11.9 Å². The molecule has 1 aliphatic heterocycles. The van der Waals surface area contributed by atoms with Crippen LogP contribution in [0.5, 0.6) is 0 Å². The molecule has 1 aliphatic rings. The molecule has 0 radical (unpaired) electrons. The van der Waals surface area contributed by atoms with Gasteiger partial charge in [-0.25, -0.2) is 4.98 Å². The average Bonchev–Trinajstić information content (AvgIpc) is 2.93. The maximum atomic E-state index is 11.1. The van der Waals surface area contributed by atoms with E-state index in [1.165, 1.54) is 4.70 Å². The molecule has 94 valence electrons. The molecule has 1 aromatic carbocycles. The van der Waals surface area contributed by atoms with Crippen LogP contribution in [0.25, 0.3) is 10.2 Å². The molecule has 0 aliphatic carbocycles.